The fraction of sp³-hybridized carbons (Fsp3) is 0.448. The van der Waals surface area contributed by atoms with Crippen molar-refractivity contribution in [2.75, 3.05) is 39.1 Å². The molecule has 202 valence electrons. The van der Waals surface area contributed by atoms with Crippen LogP contribution in [0.3, 0.4) is 0 Å². The quantitative estimate of drug-likeness (QED) is 0.193. The van der Waals surface area contributed by atoms with Crippen LogP contribution in [-0.2, 0) is 28.9 Å². The van der Waals surface area contributed by atoms with E-state index in [4.69, 9.17) is 9.47 Å². The van der Waals surface area contributed by atoms with Crippen LogP contribution in [0.2, 0.25) is 0 Å². The summed E-state index contributed by atoms with van der Waals surface area (Å²) in [5.74, 6) is -0.890. The molecule has 0 amide bonds. The van der Waals surface area contributed by atoms with E-state index in [2.05, 4.69) is 18.7 Å². The summed E-state index contributed by atoms with van der Waals surface area (Å²) in [6.45, 7) is 8.70. The van der Waals surface area contributed by atoms with Gasteiger partial charge in [-0.3, -0.25) is 4.79 Å². The molecule has 2 aliphatic rings. The zero-order chi connectivity index (χ0) is 27.3. The fourth-order valence-electron chi connectivity index (χ4n) is 3.94. The largest absolute Gasteiger partial charge is 0.462 e. The maximum Gasteiger partial charge on any atom is 0.338 e. The van der Waals surface area contributed by atoms with Gasteiger partial charge in [-0.2, -0.15) is 0 Å². The monoisotopic (exact) mass is 529 g/mol. The van der Waals surface area contributed by atoms with Gasteiger partial charge in [0, 0.05) is 24.8 Å². The summed E-state index contributed by atoms with van der Waals surface area (Å²) >= 11 is 0. The summed E-state index contributed by atoms with van der Waals surface area (Å²) in [6.07, 6.45) is 19.0. The summed E-state index contributed by atoms with van der Waals surface area (Å²) in [4.78, 5) is 28.1. The van der Waals surface area contributed by atoms with Crippen molar-refractivity contribution in [1.29, 1.82) is 0 Å². The van der Waals surface area contributed by atoms with Crippen molar-refractivity contribution in [2.45, 2.75) is 46.5 Å². The number of nitrogens with zero attached hydrogens (tertiary/aromatic N) is 1. The molecule has 0 aromatic rings. The van der Waals surface area contributed by atoms with Gasteiger partial charge in [-0.1, -0.05) is 69.4 Å². The number of ether oxygens (including phenoxy) is 2. The molecular weight excluding hydrogens is 490 g/mol. The lowest BCUT2D eigenvalue weighted by molar-refractivity contribution is -0.143. The minimum absolute atomic E-state index is 0.133. The van der Waals surface area contributed by atoms with Crippen molar-refractivity contribution in [3.63, 3.8) is 0 Å². The molecule has 37 heavy (non-hydrogen) atoms. The third-order valence-corrected chi connectivity index (χ3v) is 7.25. The van der Waals surface area contributed by atoms with E-state index < -0.39 is 21.8 Å². The molecule has 0 heterocycles. The second-order valence-electron chi connectivity index (χ2n) is 8.70. The lowest BCUT2D eigenvalue weighted by atomic mass is 9.92. The summed E-state index contributed by atoms with van der Waals surface area (Å²) in [6, 6.07) is 0. The summed E-state index contributed by atoms with van der Waals surface area (Å²) < 4.78 is 35.5. The van der Waals surface area contributed by atoms with Crippen molar-refractivity contribution < 1.29 is 27.5 Å². The molecule has 0 radical (unpaired) electrons. The van der Waals surface area contributed by atoms with Gasteiger partial charge in [-0.15, -0.1) is 0 Å². The molecule has 2 rings (SSSR count). The van der Waals surface area contributed by atoms with Gasteiger partial charge in [-0.25, -0.2) is 13.2 Å². The van der Waals surface area contributed by atoms with E-state index in [1.807, 2.05) is 36.5 Å². The third kappa shape index (κ3) is 9.78. The first kappa shape index (κ1) is 30.3. The van der Waals surface area contributed by atoms with E-state index in [0.717, 1.165) is 31.5 Å². The minimum Gasteiger partial charge on any atom is -0.462 e. The molecule has 0 saturated carbocycles. The fourth-order valence-corrected chi connectivity index (χ4v) is 4.65. The van der Waals surface area contributed by atoms with Crippen LogP contribution in [0.25, 0.3) is 0 Å². The van der Waals surface area contributed by atoms with Crippen LogP contribution in [0.1, 0.15) is 46.5 Å². The van der Waals surface area contributed by atoms with E-state index >= 15 is 0 Å². The molecule has 0 unspecified atom stereocenters. The van der Waals surface area contributed by atoms with Crippen LogP contribution >= 0.6 is 0 Å². The van der Waals surface area contributed by atoms with Crippen LogP contribution in [0.15, 0.2) is 81.9 Å². The molecule has 0 saturated heterocycles. The topological polar surface area (TPSA) is 90.0 Å². The summed E-state index contributed by atoms with van der Waals surface area (Å²) in [7, 11) is -3.40. The first-order valence-electron chi connectivity index (χ1n) is 12.8. The molecule has 0 atom stereocenters. The highest BCUT2D eigenvalue weighted by Crippen LogP contribution is 2.29. The highest BCUT2D eigenvalue weighted by atomic mass is 32.2. The molecule has 0 bridgehead atoms. The molecule has 0 aromatic carbocycles. The van der Waals surface area contributed by atoms with Gasteiger partial charge in [-0.05, 0) is 49.6 Å². The van der Waals surface area contributed by atoms with Crippen LogP contribution in [0, 0.1) is 0 Å². The van der Waals surface area contributed by atoms with Crippen molar-refractivity contribution in [3.8, 4) is 0 Å². The van der Waals surface area contributed by atoms with E-state index in [0.29, 0.717) is 36.0 Å². The summed E-state index contributed by atoms with van der Waals surface area (Å²) in [5.41, 5.74) is 2.18. The predicted octanol–water partition coefficient (Wildman–Crippen LogP) is 4.77. The smallest absolute Gasteiger partial charge is 0.338 e. The number of sulfone groups is 1. The molecule has 7 nitrogen and oxygen atoms in total. The predicted molar refractivity (Wildman–Crippen MR) is 147 cm³/mol. The van der Waals surface area contributed by atoms with E-state index in [1.54, 1.807) is 19.1 Å². The van der Waals surface area contributed by atoms with Gasteiger partial charge < -0.3 is 14.4 Å². The molecule has 0 spiro atoms. The highest BCUT2D eigenvalue weighted by Gasteiger charge is 2.24. The Bertz CT molecular complexity index is 1140. The minimum atomic E-state index is -3.40. The van der Waals surface area contributed by atoms with Gasteiger partial charge in [0.2, 0.25) is 0 Å². The zero-order valence-electron chi connectivity index (χ0n) is 22.4. The summed E-state index contributed by atoms with van der Waals surface area (Å²) in [5, 5.41) is 0. The number of hydrogen-bond donors (Lipinski definition) is 0. The third-order valence-electron chi connectivity index (χ3n) is 6.09. The van der Waals surface area contributed by atoms with E-state index in [9.17, 15) is 18.0 Å². The lowest BCUT2D eigenvalue weighted by Crippen LogP contribution is -2.25. The van der Waals surface area contributed by atoms with Gasteiger partial charge in [0.05, 0.1) is 17.1 Å². The number of carbonyl (C=O) groups excluding carboxylic acids is 2. The Labute approximate surface area is 221 Å². The standard InChI is InChI=1S/C29H39NO6S/c1-5-27(31)36-22-26(23-16-12-17-25(19-18-23)37(4,33)34)28(24-14-10-8-9-11-15-24)29(32)35-21-13-20-30(6-2)7-3/h8-11,14,16-19H,5-7,12-13,15,20-22H2,1-4H3/b28-26+. The van der Waals surface area contributed by atoms with Crippen molar-refractivity contribution >= 4 is 21.8 Å². The number of hydrogen-bond acceptors (Lipinski definition) is 7. The number of allylic oxidation sites excluding steroid dienone is 9. The molecule has 0 fully saturated rings. The highest BCUT2D eigenvalue weighted by molar-refractivity contribution is 7.94. The van der Waals surface area contributed by atoms with E-state index in [1.165, 1.54) is 6.08 Å². The Morgan fingerprint density at radius 1 is 1.00 bits per heavy atom. The normalized spacial score (nSPS) is 16.3. The Balaban J connectivity index is 2.50. The second kappa shape index (κ2) is 15.3. The maximum atomic E-state index is 13.6. The Hall–Kier alpha value is -2.97. The van der Waals surface area contributed by atoms with Crippen LogP contribution in [0.4, 0.5) is 0 Å². The average molecular weight is 530 g/mol. The van der Waals surface area contributed by atoms with Gasteiger partial charge >= 0.3 is 11.9 Å². The van der Waals surface area contributed by atoms with Crippen molar-refractivity contribution in [2.24, 2.45) is 0 Å². The molecule has 0 aromatic heterocycles. The Morgan fingerprint density at radius 3 is 2.43 bits per heavy atom. The van der Waals surface area contributed by atoms with Gasteiger partial charge in [0.15, 0.2) is 9.84 Å². The lowest BCUT2D eigenvalue weighted by Gasteiger charge is -2.20. The average Bonchev–Trinajstić information content (AvgIpc) is 3.29. The number of rotatable bonds is 13. The van der Waals surface area contributed by atoms with Crippen LogP contribution < -0.4 is 0 Å². The van der Waals surface area contributed by atoms with Crippen LogP contribution in [0.5, 0.6) is 0 Å². The van der Waals surface area contributed by atoms with E-state index in [-0.39, 0.29) is 24.5 Å². The number of esters is 2. The SMILES string of the molecule is CCC(=O)OC/C(C1=CCC=C(S(C)(=O)=O)C=C1)=C(\C(=O)OCCCN(CC)CC)C1=CC=CC=CC1. The van der Waals surface area contributed by atoms with Gasteiger partial charge in [0.1, 0.15) is 6.61 Å². The van der Waals surface area contributed by atoms with Gasteiger partial charge in [0.25, 0.3) is 0 Å². The van der Waals surface area contributed by atoms with Crippen molar-refractivity contribution in [1.82, 2.24) is 4.90 Å². The molecular formula is C29H39NO6S. The zero-order valence-corrected chi connectivity index (χ0v) is 23.2. The van der Waals surface area contributed by atoms with Crippen molar-refractivity contribution in [3.05, 3.63) is 81.9 Å². The number of carbonyl (C=O) groups is 2. The first-order chi connectivity index (χ1) is 17.7. The first-order valence-corrected chi connectivity index (χ1v) is 14.7. The molecule has 2 aliphatic carbocycles. The molecule has 8 heteroatoms. The molecule has 0 aliphatic heterocycles. The Kier molecular flexibility index (Phi) is 12.5. The molecule has 0 N–H and O–H groups in total. The maximum absolute atomic E-state index is 13.6. The Morgan fingerprint density at radius 2 is 1.76 bits per heavy atom. The second-order valence-corrected chi connectivity index (χ2v) is 10.7. The van der Waals surface area contributed by atoms with Crippen LogP contribution in [-0.4, -0.2) is 64.4 Å².